The van der Waals surface area contributed by atoms with E-state index in [2.05, 4.69) is 20.7 Å². The molecule has 17 heavy (non-hydrogen) atoms. The van der Waals surface area contributed by atoms with E-state index in [9.17, 15) is 0 Å². The van der Waals surface area contributed by atoms with Gasteiger partial charge in [0.05, 0.1) is 6.20 Å². The number of hydrogen-bond acceptors (Lipinski definition) is 6. The third-order valence-electron chi connectivity index (χ3n) is 2.40. The largest absolute Gasteiger partial charge is 0.396 e. The highest BCUT2D eigenvalue weighted by atomic mass is 35.5. The second-order valence-electron chi connectivity index (χ2n) is 4.53. The number of aliphatic hydroxyl groups excluding tert-OH is 1. The standard InChI is InChI=1S/C10H18ClN5O/c1-10(2,3-4-17)6-14-8-7(11)5-13-9(15-8)16-12/h5,17H,3-4,6,12H2,1-2H3,(H2,13,14,15,16). The van der Waals surface area contributed by atoms with Gasteiger partial charge in [-0.1, -0.05) is 25.4 Å². The Labute approximate surface area is 106 Å². The molecule has 0 unspecified atom stereocenters. The zero-order valence-corrected chi connectivity index (χ0v) is 10.8. The Bertz CT molecular complexity index is 372. The van der Waals surface area contributed by atoms with E-state index in [1.54, 1.807) is 0 Å². The number of aromatic nitrogens is 2. The summed E-state index contributed by atoms with van der Waals surface area (Å²) in [4.78, 5) is 7.98. The minimum atomic E-state index is -0.0423. The van der Waals surface area contributed by atoms with Crippen LogP contribution in [0, 0.1) is 5.41 Å². The Morgan fingerprint density at radius 1 is 1.53 bits per heavy atom. The van der Waals surface area contributed by atoms with E-state index in [0.717, 1.165) is 0 Å². The van der Waals surface area contributed by atoms with Crippen LogP contribution in [0.5, 0.6) is 0 Å². The van der Waals surface area contributed by atoms with Gasteiger partial charge in [0, 0.05) is 13.2 Å². The fourth-order valence-electron chi connectivity index (χ4n) is 1.27. The van der Waals surface area contributed by atoms with Crippen molar-refractivity contribution in [3.05, 3.63) is 11.2 Å². The number of hydrazine groups is 1. The van der Waals surface area contributed by atoms with Gasteiger partial charge in [0.15, 0.2) is 5.82 Å². The van der Waals surface area contributed by atoms with Crippen molar-refractivity contribution in [2.45, 2.75) is 20.3 Å². The van der Waals surface area contributed by atoms with Crippen LogP contribution in [0.25, 0.3) is 0 Å². The average Bonchev–Trinajstić information content (AvgIpc) is 2.28. The van der Waals surface area contributed by atoms with Crippen LogP contribution < -0.4 is 16.6 Å². The van der Waals surface area contributed by atoms with E-state index in [-0.39, 0.29) is 12.0 Å². The lowest BCUT2D eigenvalue weighted by molar-refractivity contribution is 0.220. The Morgan fingerprint density at radius 3 is 2.82 bits per heavy atom. The molecule has 0 aliphatic rings. The first-order valence-electron chi connectivity index (χ1n) is 5.32. The summed E-state index contributed by atoms with van der Waals surface area (Å²) in [7, 11) is 0. The number of nitrogen functional groups attached to an aromatic ring is 1. The van der Waals surface area contributed by atoms with Crippen LogP contribution in [0.15, 0.2) is 6.20 Å². The fraction of sp³-hybridized carbons (Fsp3) is 0.600. The summed E-state index contributed by atoms with van der Waals surface area (Å²) in [6.45, 7) is 4.90. The first kappa shape index (κ1) is 14.0. The lowest BCUT2D eigenvalue weighted by Gasteiger charge is -2.24. The van der Waals surface area contributed by atoms with Crippen LogP contribution in [0.2, 0.25) is 5.02 Å². The predicted molar refractivity (Wildman–Crippen MR) is 68.8 cm³/mol. The second-order valence-corrected chi connectivity index (χ2v) is 4.93. The minimum Gasteiger partial charge on any atom is -0.396 e. The normalized spacial score (nSPS) is 11.4. The summed E-state index contributed by atoms with van der Waals surface area (Å²) in [5.74, 6) is 6.05. The highest BCUT2D eigenvalue weighted by Gasteiger charge is 2.17. The molecular formula is C10H18ClN5O. The number of nitrogens with zero attached hydrogens (tertiary/aromatic N) is 2. The van der Waals surface area contributed by atoms with Crippen LogP contribution in [0.3, 0.4) is 0 Å². The molecule has 1 aromatic rings. The Morgan fingerprint density at radius 2 is 2.24 bits per heavy atom. The van der Waals surface area contributed by atoms with Gasteiger partial charge in [-0.25, -0.2) is 10.8 Å². The SMILES string of the molecule is CC(C)(CCO)CNc1nc(NN)ncc1Cl. The highest BCUT2D eigenvalue weighted by molar-refractivity contribution is 6.32. The van der Waals surface area contributed by atoms with Gasteiger partial charge in [0.25, 0.3) is 0 Å². The van der Waals surface area contributed by atoms with E-state index in [1.807, 2.05) is 13.8 Å². The van der Waals surface area contributed by atoms with Crippen molar-refractivity contribution in [3.63, 3.8) is 0 Å². The number of nitrogens with two attached hydrogens (primary N) is 1. The van der Waals surface area contributed by atoms with Gasteiger partial charge >= 0.3 is 0 Å². The van der Waals surface area contributed by atoms with Gasteiger partial charge in [-0.2, -0.15) is 4.98 Å². The van der Waals surface area contributed by atoms with Crippen molar-refractivity contribution >= 4 is 23.4 Å². The molecule has 0 saturated heterocycles. The smallest absolute Gasteiger partial charge is 0.239 e. The maximum atomic E-state index is 8.93. The van der Waals surface area contributed by atoms with Crippen LogP contribution >= 0.6 is 11.6 Å². The molecule has 0 aliphatic heterocycles. The quantitative estimate of drug-likeness (QED) is 0.453. The summed E-state index contributed by atoms with van der Waals surface area (Å²) in [5, 5.41) is 12.5. The molecule has 0 amide bonds. The molecule has 1 heterocycles. The van der Waals surface area contributed by atoms with Crippen molar-refractivity contribution in [1.29, 1.82) is 0 Å². The predicted octanol–water partition coefficient (Wildman–Crippen LogP) is 1.24. The zero-order valence-electron chi connectivity index (χ0n) is 10.00. The molecule has 5 N–H and O–H groups in total. The Kier molecular flexibility index (Phi) is 4.92. The topological polar surface area (TPSA) is 96.1 Å². The van der Waals surface area contributed by atoms with Crippen LogP contribution in [-0.4, -0.2) is 28.2 Å². The number of anilines is 2. The van der Waals surface area contributed by atoms with Gasteiger partial charge in [0.1, 0.15) is 5.02 Å². The van der Waals surface area contributed by atoms with Crippen LogP contribution in [-0.2, 0) is 0 Å². The van der Waals surface area contributed by atoms with E-state index in [0.29, 0.717) is 29.8 Å². The first-order valence-corrected chi connectivity index (χ1v) is 5.70. The van der Waals surface area contributed by atoms with Crippen molar-refractivity contribution in [2.75, 3.05) is 23.9 Å². The monoisotopic (exact) mass is 259 g/mol. The van der Waals surface area contributed by atoms with E-state index < -0.39 is 0 Å². The van der Waals surface area contributed by atoms with Gasteiger partial charge in [-0.15, -0.1) is 0 Å². The molecule has 0 fully saturated rings. The van der Waals surface area contributed by atoms with Crippen LogP contribution in [0.4, 0.5) is 11.8 Å². The Hall–Kier alpha value is -1.11. The van der Waals surface area contributed by atoms with Gasteiger partial charge in [0.2, 0.25) is 5.95 Å². The number of aliphatic hydroxyl groups is 1. The summed E-state index contributed by atoms with van der Waals surface area (Å²) in [5.41, 5.74) is 2.31. The fourth-order valence-corrected chi connectivity index (χ4v) is 1.43. The molecule has 96 valence electrons. The molecule has 7 heteroatoms. The zero-order chi connectivity index (χ0) is 12.9. The molecule has 6 nitrogen and oxygen atoms in total. The van der Waals surface area contributed by atoms with Crippen molar-refractivity contribution < 1.29 is 5.11 Å². The van der Waals surface area contributed by atoms with Crippen molar-refractivity contribution in [1.82, 2.24) is 9.97 Å². The van der Waals surface area contributed by atoms with Crippen molar-refractivity contribution in [3.8, 4) is 0 Å². The lowest BCUT2D eigenvalue weighted by atomic mass is 9.90. The molecule has 0 radical (unpaired) electrons. The molecule has 0 aromatic carbocycles. The van der Waals surface area contributed by atoms with E-state index in [4.69, 9.17) is 22.6 Å². The Balaban J connectivity index is 2.68. The maximum Gasteiger partial charge on any atom is 0.239 e. The minimum absolute atomic E-state index is 0.0423. The number of rotatable bonds is 6. The first-order chi connectivity index (χ1) is 7.98. The second kappa shape index (κ2) is 6.00. The molecule has 1 aromatic heterocycles. The molecule has 0 aliphatic carbocycles. The van der Waals surface area contributed by atoms with Gasteiger partial charge < -0.3 is 10.4 Å². The number of halogens is 1. The molecule has 0 saturated carbocycles. The van der Waals surface area contributed by atoms with Crippen LogP contribution in [0.1, 0.15) is 20.3 Å². The summed E-state index contributed by atoms with van der Waals surface area (Å²) >= 11 is 5.95. The molecule has 0 atom stereocenters. The third kappa shape index (κ3) is 4.33. The summed E-state index contributed by atoms with van der Waals surface area (Å²) in [6, 6.07) is 0. The van der Waals surface area contributed by atoms with Gasteiger partial charge in [-0.05, 0) is 11.8 Å². The molecule has 0 bridgehead atoms. The number of nitrogens with one attached hydrogen (secondary N) is 2. The van der Waals surface area contributed by atoms with Crippen molar-refractivity contribution in [2.24, 2.45) is 11.3 Å². The average molecular weight is 260 g/mol. The van der Waals surface area contributed by atoms with Gasteiger partial charge in [-0.3, -0.25) is 5.43 Å². The van der Waals surface area contributed by atoms with E-state index >= 15 is 0 Å². The number of hydrogen-bond donors (Lipinski definition) is 4. The molecular weight excluding hydrogens is 242 g/mol. The highest BCUT2D eigenvalue weighted by Crippen LogP contribution is 2.23. The lowest BCUT2D eigenvalue weighted by Crippen LogP contribution is -2.25. The summed E-state index contributed by atoms with van der Waals surface area (Å²) < 4.78 is 0. The molecule has 0 spiro atoms. The summed E-state index contributed by atoms with van der Waals surface area (Å²) in [6.07, 6.45) is 2.18. The molecule has 1 rings (SSSR count). The van der Waals surface area contributed by atoms with E-state index in [1.165, 1.54) is 6.20 Å². The maximum absolute atomic E-state index is 8.93. The third-order valence-corrected chi connectivity index (χ3v) is 2.67.